The lowest BCUT2D eigenvalue weighted by Crippen LogP contribution is -2.39. The Bertz CT molecular complexity index is 1440. The predicted molar refractivity (Wildman–Crippen MR) is 143 cm³/mol. The second kappa shape index (κ2) is 10.7. The van der Waals surface area contributed by atoms with E-state index in [9.17, 15) is 9.59 Å². The van der Waals surface area contributed by atoms with Crippen LogP contribution in [0.1, 0.15) is 31.3 Å². The largest absolute Gasteiger partial charge is 0.322 e. The van der Waals surface area contributed by atoms with Crippen LogP contribution in [0.4, 0.5) is 10.5 Å². The summed E-state index contributed by atoms with van der Waals surface area (Å²) in [5, 5.41) is 4.33. The normalized spacial score (nSPS) is 11.9. The number of aromatic nitrogens is 2. The van der Waals surface area contributed by atoms with Crippen LogP contribution in [0.5, 0.6) is 0 Å². The van der Waals surface area contributed by atoms with Gasteiger partial charge in [0, 0.05) is 18.1 Å². The van der Waals surface area contributed by atoms with Crippen molar-refractivity contribution < 1.29 is 4.79 Å². The van der Waals surface area contributed by atoms with Crippen molar-refractivity contribution in [2.75, 3.05) is 5.32 Å². The molecule has 1 atom stereocenters. The fourth-order valence-electron chi connectivity index (χ4n) is 3.93. The van der Waals surface area contributed by atoms with Gasteiger partial charge in [0.15, 0.2) is 0 Å². The standard InChI is InChI=1S/C26H23Cl3N4O2/c1-3-32-24(30-21-13-12-18(27)14-19(21)25(32)34)16(2)33(15-17-8-5-4-6-9-17)26(35)31-22-11-7-10-20(28)23(22)29/h4-14,16H,3,15H2,1-2H3,(H,31,35). The molecule has 2 amide bonds. The van der Waals surface area contributed by atoms with Gasteiger partial charge in [-0.2, -0.15) is 0 Å². The number of benzene rings is 3. The molecule has 1 aromatic heterocycles. The van der Waals surface area contributed by atoms with Crippen LogP contribution >= 0.6 is 34.8 Å². The molecule has 1 unspecified atom stereocenters. The van der Waals surface area contributed by atoms with Crippen molar-refractivity contribution in [2.24, 2.45) is 0 Å². The fraction of sp³-hybridized carbons (Fsp3) is 0.192. The highest BCUT2D eigenvalue weighted by Crippen LogP contribution is 2.31. The number of hydrogen-bond donors (Lipinski definition) is 1. The second-order valence-corrected chi connectivity index (χ2v) is 9.22. The highest BCUT2D eigenvalue weighted by atomic mass is 35.5. The van der Waals surface area contributed by atoms with Gasteiger partial charge in [0.1, 0.15) is 5.82 Å². The minimum absolute atomic E-state index is 0.209. The van der Waals surface area contributed by atoms with E-state index in [1.54, 1.807) is 45.9 Å². The minimum atomic E-state index is -0.555. The molecule has 0 bridgehead atoms. The predicted octanol–water partition coefficient (Wildman–Crippen LogP) is 7.17. The fourth-order valence-corrected chi connectivity index (χ4v) is 4.45. The highest BCUT2D eigenvalue weighted by molar-refractivity contribution is 6.44. The second-order valence-electron chi connectivity index (χ2n) is 8.00. The van der Waals surface area contributed by atoms with E-state index in [1.165, 1.54) is 0 Å². The van der Waals surface area contributed by atoms with E-state index in [2.05, 4.69) is 5.32 Å². The Kier molecular flexibility index (Phi) is 7.65. The Morgan fingerprint density at radius 2 is 1.80 bits per heavy atom. The Morgan fingerprint density at radius 1 is 1.06 bits per heavy atom. The summed E-state index contributed by atoms with van der Waals surface area (Å²) >= 11 is 18.6. The summed E-state index contributed by atoms with van der Waals surface area (Å²) in [7, 11) is 0. The SMILES string of the molecule is CCn1c(C(C)N(Cc2ccccc2)C(=O)Nc2cccc(Cl)c2Cl)nc2ccc(Cl)cc2c1=O. The first kappa shape index (κ1) is 25.0. The Hall–Kier alpha value is -3.06. The smallest absolute Gasteiger partial charge is 0.310 e. The zero-order valence-electron chi connectivity index (χ0n) is 19.1. The number of anilines is 1. The first-order valence-electron chi connectivity index (χ1n) is 11.1. The van der Waals surface area contributed by atoms with Crippen LogP contribution in [0.25, 0.3) is 10.9 Å². The Balaban J connectivity index is 1.79. The van der Waals surface area contributed by atoms with Crippen molar-refractivity contribution in [3.8, 4) is 0 Å². The third kappa shape index (κ3) is 5.30. The van der Waals surface area contributed by atoms with Gasteiger partial charge in [-0.1, -0.05) is 71.2 Å². The summed E-state index contributed by atoms with van der Waals surface area (Å²) in [6.45, 7) is 4.37. The number of rotatable bonds is 6. The first-order chi connectivity index (χ1) is 16.8. The molecule has 180 valence electrons. The van der Waals surface area contributed by atoms with Gasteiger partial charge in [-0.05, 0) is 49.7 Å². The van der Waals surface area contributed by atoms with Crippen molar-refractivity contribution in [2.45, 2.75) is 33.0 Å². The lowest BCUT2D eigenvalue weighted by Gasteiger charge is -2.31. The monoisotopic (exact) mass is 528 g/mol. The summed E-state index contributed by atoms with van der Waals surface area (Å²) in [6, 6.07) is 18.7. The minimum Gasteiger partial charge on any atom is -0.310 e. The zero-order valence-corrected chi connectivity index (χ0v) is 21.4. The topological polar surface area (TPSA) is 67.2 Å². The van der Waals surface area contributed by atoms with Crippen molar-refractivity contribution in [1.82, 2.24) is 14.5 Å². The molecular weight excluding hydrogens is 507 g/mol. The third-order valence-corrected chi connectivity index (χ3v) is 6.81. The van der Waals surface area contributed by atoms with Crippen molar-refractivity contribution in [3.05, 3.63) is 104 Å². The quantitative estimate of drug-likeness (QED) is 0.288. The first-order valence-corrected chi connectivity index (χ1v) is 12.2. The molecule has 4 rings (SSSR count). The van der Waals surface area contributed by atoms with E-state index >= 15 is 0 Å². The molecule has 1 heterocycles. The van der Waals surface area contributed by atoms with Crippen LogP contribution in [0.15, 0.2) is 71.5 Å². The number of halogens is 3. The number of hydrogen-bond acceptors (Lipinski definition) is 3. The van der Waals surface area contributed by atoms with Gasteiger partial charge >= 0.3 is 6.03 Å². The lowest BCUT2D eigenvalue weighted by molar-refractivity contribution is 0.184. The number of urea groups is 1. The average molecular weight is 530 g/mol. The highest BCUT2D eigenvalue weighted by Gasteiger charge is 2.27. The van der Waals surface area contributed by atoms with Crippen LogP contribution in [0, 0.1) is 0 Å². The van der Waals surface area contributed by atoms with Gasteiger partial charge in [-0.25, -0.2) is 9.78 Å². The van der Waals surface area contributed by atoms with Crippen LogP contribution < -0.4 is 10.9 Å². The van der Waals surface area contributed by atoms with Crippen molar-refractivity contribution in [1.29, 1.82) is 0 Å². The van der Waals surface area contributed by atoms with Crippen LogP contribution in [-0.4, -0.2) is 20.5 Å². The van der Waals surface area contributed by atoms with Crippen LogP contribution in [0.3, 0.4) is 0 Å². The molecule has 0 radical (unpaired) electrons. The van der Waals surface area contributed by atoms with E-state index in [1.807, 2.05) is 44.2 Å². The maximum Gasteiger partial charge on any atom is 0.322 e. The summed E-state index contributed by atoms with van der Waals surface area (Å²) in [6.07, 6.45) is 0. The summed E-state index contributed by atoms with van der Waals surface area (Å²) in [4.78, 5) is 33.2. The molecule has 0 spiro atoms. The molecule has 35 heavy (non-hydrogen) atoms. The van der Waals surface area contributed by atoms with Gasteiger partial charge in [-0.15, -0.1) is 0 Å². The molecular formula is C26H23Cl3N4O2. The number of carbonyl (C=O) groups excluding carboxylic acids is 1. The van der Waals surface area contributed by atoms with Gasteiger partial charge in [0.2, 0.25) is 0 Å². The molecule has 9 heteroatoms. The molecule has 0 aliphatic carbocycles. The maximum atomic E-state index is 13.6. The number of fused-ring (bicyclic) bond motifs is 1. The number of amides is 2. The molecule has 3 aromatic carbocycles. The van der Waals surface area contributed by atoms with Crippen molar-refractivity contribution in [3.63, 3.8) is 0 Å². The molecule has 1 N–H and O–H groups in total. The lowest BCUT2D eigenvalue weighted by atomic mass is 10.1. The summed E-state index contributed by atoms with van der Waals surface area (Å²) < 4.78 is 1.57. The van der Waals surface area contributed by atoms with E-state index < -0.39 is 12.1 Å². The van der Waals surface area contributed by atoms with E-state index in [0.29, 0.717) is 39.0 Å². The Morgan fingerprint density at radius 3 is 2.51 bits per heavy atom. The maximum absolute atomic E-state index is 13.6. The van der Waals surface area contributed by atoms with Gasteiger partial charge < -0.3 is 10.2 Å². The zero-order chi connectivity index (χ0) is 25.1. The molecule has 0 aliphatic rings. The third-order valence-electron chi connectivity index (χ3n) is 5.75. The van der Waals surface area contributed by atoms with Crippen LogP contribution in [0.2, 0.25) is 15.1 Å². The number of nitrogens with one attached hydrogen (secondary N) is 1. The molecule has 0 saturated carbocycles. The van der Waals surface area contributed by atoms with Gasteiger partial charge in [0.25, 0.3) is 5.56 Å². The molecule has 0 aliphatic heterocycles. The van der Waals surface area contributed by atoms with Crippen LogP contribution in [-0.2, 0) is 13.1 Å². The van der Waals surface area contributed by atoms with Gasteiger partial charge in [0.05, 0.1) is 32.7 Å². The van der Waals surface area contributed by atoms with E-state index in [-0.39, 0.29) is 17.1 Å². The van der Waals surface area contributed by atoms with Crippen molar-refractivity contribution >= 4 is 57.4 Å². The van der Waals surface area contributed by atoms with E-state index in [4.69, 9.17) is 39.8 Å². The molecule has 4 aromatic rings. The summed E-state index contributed by atoms with van der Waals surface area (Å²) in [5.74, 6) is 0.468. The van der Waals surface area contributed by atoms with E-state index in [0.717, 1.165) is 5.56 Å². The average Bonchev–Trinajstić information content (AvgIpc) is 2.85. The Labute approximate surface area is 218 Å². The summed E-state index contributed by atoms with van der Waals surface area (Å²) in [5.41, 5.74) is 1.62. The molecule has 0 fully saturated rings. The number of nitrogens with zero attached hydrogens (tertiary/aromatic N) is 3. The number of carbonyl (C=O) groups is 1. The van der Waals surface area contributed by atoms with Gasteiger partial charge in [-0.3, -0.25) is 9.36 Å². The molecule has 6 nitrogen and oxygen atoms in total. The molecule has 0 saturated heterocycles.